The van der Waals surface area contributed by atoms with E-state index < -0.39 is 39.2 Å². The van der Waals surface area contributed by atoms with Crippen LogP contribution in [0.15, 0.2) is 41.3 Å². The minimum Gasteiger partial charge on any atom is -0.449 e. The van der Waals surface area contributed by atoms with E-state index in [-0.39, 0.29) is 15.7 Å². The number of ether oxygens (including phenoxy) is 1. The Morgan fingerprint density at radius 2 is 1.83 bits per heavy atom. The molecule has 0 bridgehead atoms. The fraction of sp³-hybridized carbons (Fsp3) is 0.0588. The molecule has 29 heavy (non-hydrogen) atoms. The highest BCUT2D eigenvalue weighted by atomic mass is 35.5. The number of nitrogens with zero attached hydrogens (tertiary/aromatic N) is 1. The van der Waals surface area contributed by atoms with E-state index in [4.69, 9.17) is 16.3 Å². The van der Waals surface area contributed by atoms with Gasteiger partial charge in [0.1, 0.15) is 5.75 Å². The van der Waals surface area contributed by atoms with Crippen molar-refractivity contribution < 1.29 is 32.4 Å². The molecular formula is C17H8ClF3N2O5S. The molecule has 12 heteroatoms. The van der Waals surface area contributed by atoms with Crippen molar-refractivity contribution in [1.82, 2.24) is 5.32 Å². The van der Waals surface area contributed by atoms with Crippen LogP contribution in [0, 0.1) is 10.1 Å². The molecule has 3 rings (SSSR count). The van der Waals surface area contributed by atoms with Gasteiger partial charge in [-0.2, -0.15) is 13.2 Å². The first-order chi connectivity index (χ1) is 13.5. The van der Waals surface area contributed by atoms with Gasteiger partial charge in [-0.05, 0) is 47.7 Å². The van der Waals surface area contributed by atoms with E-state index >= 15 is 0 Å². The number of carbonyl (C=O) groups is 2. The van der Waals surface area contributed by atoms with Crippen molar-refractivity contribution >= 4 is 46.3 Å². The van der Waals surface area contributed by atoms with Gasteiger partial charge in [-0.1, -0.05) is 17.7 Å². The van der Waals surface area contributed by atoms with Crippen LogP contribution in [0.25, 0.3) is 6.08 Å². The van der Waals surface area contributed by atoms with Gasteiger partial charge >= 0.3 is 11.9 Å². The predicted molar refractivity (Wildman–Crippen MR) is 98.7 cm³/mol. The number of thioether (sulfide) groups is 1. The monoisotopic (exact) mass is 444 g/mol. The van der Waals surface area contributed by atoms with Crippen LogP contribution >= 0.6 is 23.4 Å². The molecule has 1 saturated heterocycles. The van der Waals surface area contributed by atoms with Crippen LogP contribution < -0.4 is 10.1 Å². The number of rotatable bonds is 4. The average Bonchev–Trinajstić information content (AvgIpc) is 2.93. The van der Waals surface area contributed by atoms with Crippen molar-refractivity contribution in [3.05, 3.63) is 67.6 Å². The van der Waals surface area contributed by atoms with Crippen LogP contribution in [0.4, 0.5) is 23.7 Å². The molecule has 0 unspecified atom stereocenters. The number of nitro benzene ring substituents is 1. The predicted octanol–water partition coefficient (Wildman–Crippen LogP) is 5.38. The Bertz CT molecular complexity index is 1070. The molecule has 0 saturated carbocycles. The second kappa shape index (κ2) is 7.76. The fourth-order valence-corrected chi connectivity index (χ4v) is 3.21. The van der Waals surface area contributed by atoms with E-state index in [2.05, 4.69) is 5.32 Å². The molecule has 2 amide bonds. The summed E-state index contributed by atoms with van der Waals surface area (Å²) in [5.74, 6) is -1.03. The van der Waals surface area contributed by atoms with Gasteiger partial charge < -0.3 is 4.74 Å². The van der Waals surface area contributed by atoms with Gasteiger partial charge in [-0.15, -0.1) is 0 Å². The molecule has 0 spiro atoms. The minimum atomic E-state index is -4.75. The average molecular weight is 445 g/mol. The number of benzene rings is 2. The van der Waals surface area contributed by atoms with Gasteiger partial charge in [-0.25, -0.2) is 0 Å². The lowest BCUT2D eigenvalue weighted by Gasteiger charge is -2.11. The van der Waals surface area contributed by atoms with Crippen LogP contribution in [-0.2, 0) is 11.0 Å². The maximum absolute atomic E-state index is 12.8. The van der Waals surface area contributed by atoms with Gasteiger partial charge in [0.2, 0.25) is 5.75 Å². The summed E-state index contributed by atoms with van der Waals surface area (Å²) < 4.78 is 43.7. The number of hydrogen-bond donors (Lipinski definition) is 1. The molecule has 2 aromatic rings. The van der Waals surface area contributed by atoms with Crippen LogP contribution in [0.5, 0.6) is 11.5 Å². The summed E-state index contributed by atoms with van der Waals surface area (Å²) in [4.78, 5) is 33.0. The van der Waals surface area contributed by atoms with Gasteiger partial charge in [-0.3, -0.25) is 25.0 Å². The zero-order chi connectivity index (χ0) is 21.3. The van der Waals surface area contributed by atoms with Crippen LogP contribution in [0.2, 0.25) is 5.02 Å². The molecule has 1 aliphatic heterocycles. The highest BCUT2D eigenvalue weighted by molar-refractivity contribution is 8.18. The Kier molecular flexibility index (Phi) is 5.53. The summed E-state index contributed by atoms with van der Waals surface area (Å²) in [6.45, 7) is 0. The summed E-state index contributed by atoms with van der Waals surface area (Å²) >= 11 is 6.80. The minimum absolute atomic E-state index is 0.0109. The third-order valence-corrected chi connectivity index (χ3v) is 4.70. The van der Waals surface area contributed by atoms with E-state index in [1.807, 2.05) is 0 Å². The molecule has 7 nitrogen and oxygen atoms in total. The van der Waals surface area contributed by atoms with E-state index in [9.17, 15) is 32.9 Å². The van der Waals surface area contributed by atoms with E-state index in [0.717, 1.165) is 6.07 Å². The van der Waals surface area contributed by atoms with Gasteiger partial charge in [0.25, 0.3) is 11.1 Å². The molecule has 0 aliphatic carbocycles. The normalized spacial score (nSPS) is 15.5. The lowest BCUT2D eigenvalue weighted by Crippen LogP contribution is -2.17. The molecule has 0 radical (unpaired) electrons. The van der Waals surface area contributed by atoms with E-state index in [1.54, 1.807) is 0 Å². The molecular weight excluding hydrogens is 437 g/mol. The summed E-state index contributed by atoms with van der Waals surface area (Å²) in [6, 6.07) is 6.02. The maximum atomic E-state index is 12.8. The van der Waals surface area contributed by atoms with Crippen LogP contribution in [0.3, 0.4) is 0 Å². The topological polar surface area (TPSA) is 98.5 Å². The Labute approximate surface area is 169 Å². The number of halogens is 4. The first kappa shape index (κ1) is 20.7. The largest absolute Gasteiger partial charge is 0.449 e. The number of amides is 2. The standard InChI is InChI=1S/C17H8ClF3N2O5S/c18-10-5-8(6-14-15(24)22-16(25)29-14)1-3-12(10)28-13-4-2-9(17(19,20)21)7-11(13)23(26)27/h1-7H,(H,22,24,25)/b14-6-. The van der Waals surface area contributed by atoms with Crippen LogP contribution in [0.1, 0.15) is 11.1 Å². The van der Waals surface area contributed by atoms with Gasteiger partial charge in [0.05, 0.1) is 20.4 Å². The fourth-order valence-electron chi connectivity index (χ4n) is 2.30. The second-order valence-electron chi connectivity index (χ2n) is 5.58. The quantitative estimate of drug-likeness (QED) is 0.386. The number of nitro groups is 1. The molecule has 1 fully saturated rings. The molecule has 0 atom stereocenters. The zero-order valence-electron chi connectivity index (χ0n) is 14.0. The smallest absolute Gasteiger partial charge is 0.416 e. The number of alkyl halides is 3. The lowest BCUT2D eigenvalue weighted by atomic mass is 10.1. The highest BCUT2D eigenvalue weighted by Gasteiger charge is 2.33. The van der Waals surface area contributed by atoms with Crippen molar-refractivity contribution in [2.45, 2.75) is 6.18 Å². The molecule has 1 N–H and O–H groups in total. The summed E-state index contributed by atoms with van der Waals surface area (Å²) in [7, 11) is 0. The molecule has 150 valence electrons. The number of hydrogen-bond acceptors (Lipinski definition) is 6. The zero-order valence-corrected chi connectivity index (χ0v) is 15.5. The SMILES string of the molecule is O=C1NC(=O)/C(=C/c2ccc(Oc3ccc(C(F)(F)F)cc3[N+](=O)[O-])c(Cl)c2)S1. The van der Waals surface area contributed by atoms with Crippen molar-refractivity contribution in [2.24, 2.45) is 0 Å². The third kappa shape index (κ3) is 4.69. The lowest BCUT2D eigenvalue weighted by molar-refractivity contribution is -0.385. The third-order valence-electron chi connectivity index (χ3n) is 3.60. The Morgan fingerprint density at radius 3 is 2.38 bits per heavy atom. The van der Waals surface area contributed by atoms with E-state index in [0.29, 0.717) is 29.5 Å². The van der Waals surface area contributed by atoms with Gasteiger partial charge in [0, 0.05) is 6.07 Å². The molecule has 1 aliphatic rings. The Morgan fingerprint density at radius 1 is 1.14 bits per heavy atom. The summed E-state index contributed by atoms with van der Waals surface area (Å²) in [5, 5.41) is 12.7. The van der Waals surface area contributed by atoms with Crippen LogP contribution in [-0.4, -0.2) is 16.1 Å². The first-order valence-electron chi connectivity index (χ1n) is 7.62. The highest BCUT2D eigenvalue weighted by Crippen LogP contribution is 2.39. The number of imide groups is 1. The Hall–Kier alpha value is -3.05. The van der Waals surface area contributed by atoms with Crippen molar-refractivity contribution in [3.63, 3.8) is 0 Å². The molecule has 0 aromatic heterocycles. The maximum Gasteiger partial charge on any atom is 0.416 e. The summed E-state index contributed by atoms with van der Waals surface area (Å²) in [5.41, 5.74) is -1.62. The van der Waals surface area contributed by atoms with Gasteiger partial charge in [0.15, 0.2) is 0 Å². The molecule has 1 heterocycles. The van der Waals surface area contributed by atoms with Crippen molar-refractivity contribution in [2.75, 3.05) is 0 Å². The Balaban J connectivity index is 1.89. The second-order valence-corrected chi connectivity index (χ2v) is 7.00. The van der Waals surface area contributed by atoms with Crippen molar-refractivity contribution in [3.8, 4) is 11.5 Å². The summed E-state index contributed by atoms with van der Waals surface area (Å²) in [6.07, 6.45) is -3.34. The number of carbonyl (C=O) groups excluding carboxylic acids is 2. The number of nitrogens with one attached hydrogen (secondary N) is 1. The molecule has 2 aromatic carbocycles. The van der Waals surface area contributed by atoms with E-state index in [1.165, 1.54) is 24.3 Å². The first-order valence-corrected chi connectivity index (χ1v) is 8.82. The van der Waals surface area contributed by atoms with Crippen molar-refractivity contribution in [1.29, 1.82) is 0 Å².